The Morgan fingerprint density at radius 2 is 1.90 bits per heavy atom. The average Bonchev–Trinajstić information content (AvgIpc) is 2.49. The van der Waals surface area contributed by atoms with Crippen LogP contribution in [0.4, 0.5) is 0 Å². The Labute approximate surface area is 124 Å². The first-order valence-corrected chi connectivity index (χ1v) is 8.29. The third kappa shape index (κ3) is 4.79. The van der Waals surface area contributed by atoms with Crippen LogP contribution in [0.3, 0.4) is 0 Å². The van der Waals surface area contributed by atoms with Crippen LogP contribution in [-0.4, -0.2) is 6.54 Å². The van der Waals surface area contributed by atoms with Crippen LogP contribution in [0, 0.1) is 0 Å². The van der Waals surface area contributed by atoms with Crippen molar-refractivity contribution in [3.05, 3.63) is 47.0 Å². The maximum Gasteiger partial charge on any atom is 0.0291 e. The van der Waals surface area contributed by atoms with Crippen LogP contribution in [-0.2, 0) is 6.42 Å². The zero-order valence-corrected chi connectivity index (χ0v) is 13.1. The highest BCUT2D eigenvalue weighted by Gasteiger charge is 2.06. The number of hydrogen-bond acceptors (Lipinski definition) is 1. The van der Waals surface area contributed by atoms with E-state index in [9.17, 15) is 0 Å². The minimum atomic E-state index is 0.454. The van der Waals surface area contributed by atoms with Crippen molar-refractivity contribution >= 4 is 0 Å². The third-order valence-electron chi connectivity index (χ3n) is 4.30. The standard InChI is InChI=1S/C19H29N/c1-3-7-17-10-12-19(13-11-17)16(2)20-15-14-18-8-5-4-6-9-18/h8,10-13,16,20H,3-7,9,14-15H2,1-2H3. The number of rotatable bonds is 7. The first-order chi connectivity index (χ1) is 9.79. The zero-order chi connectivity index (χ0) is 14.2. The molecular formula is C19H29N. The van der Waals surface area contributed by atoms with Crippen LogP contribution in [0.1, 0.15) is 69.5 Å². The van der Waals surface area contributed by atoms with Gasteiger partial charge in [-0.2, -0.15) is 0 Å². The Morgan fingerprint density at radius 1 is 1.10 bits per heavy atom. The van der Waals surface area contributed by atoms with Gasteiger partial charge in [0.2, 0.25) is 0 Å². The van der Waals surface area contributed by atoms with Gasteiger partial charge in [-0.05, 0) is 63.1 Å². The minimum Gasteiger partial charge on any atom is -0.310 e. The van der Waals surface area contributed by atoms with Crippen molar-refractivity contribution in [2.24, 2.45) is 0 Å². The van der Waals surface area contributed by atoms with E-state index < -0.39 is 0 Å². The molecule has 0 saturated carbocycles. The lowest BCUT2D eigenvalue weighted by Gasteiger charge is -2.17. The van der Waals surface area contributed by atoms with Crippen LogP contribution < -0.4 is 5.32 Å². The van der Waals surface area contributed by atoms with Gasteiger partial charge in [0.05, 0.1) is 0 Å². The quantitative estimate of drug-likeness (QED) is 0.674. The van der Waals surface area contributed by atoms with Crippen LogP contribution in [0.5, 0.6) is 0 Å². The summed E-state index contributed by atoms with van der Waals surface area (Å²) in [5, 5.41) is 3.66. The van der Waals surface area contributed by atoms with Gasteiger partial charge in [-0.25, -0.2) is 0 Å². The summed E-state index contributed by atoms with van der Waals surface area (Å²) in [6, 6.07) is 9.57. The lowest BCUT2D eigenvalue weighted by molar-refractivity contribution is 0.562. The second-order valence-electron chi connectivity index (χ2n) is 6.03. The Hall–Kier alpha value is -1.08. The topological polar surface area (TPSA) is 12.0 Å². The smallest absolute Gasteiger partial charge is 0.0291 e. The maximum absolute atomic E-state index is 3.66. The maximum atomic E-state index is 3.66. The van der Waals surface area contributed by atoms with Crippen LogP contribution in [0.15, 0.2) is 35.9 Å². The summed E-state index contributed by atoms with van der Waals surface area (Å²) in [4.78, 5) is 0. The van der Waals surface area contributed by atoms with Crippen LogP contribution in [0.2, 0.25) is 0 Å². The Balaban J connectivity index is 1.76. The average molecular weight is 271 g/mol. The second-order valence-corrected chi connectivity index (χ2v) is 6.03. The van der Waals surface area contributed by atoms with Gasteiger partial charge in [0.1, 0.15) is 0 Å². The molecule has 1 N–H and O–H groups in total. The Bertz CT molecular complexity index is 416. The molecule has 0 amide bonds. The highest BCUT2D eigenvalue weighted by Crippen LogP contribution is 2.20. The molecule has 0 spiro atoms. The summed E-state index contributed by atoms with van der Waals surface area (Å²) in [5.74, 6) is 0. The Morgan fingerprint density at radius 3 is 2.55 bits per heavy atom. The van der Waals surface area contributed by atoms with Gasteiger partial charge in [0.15, 0.2) is 0 Å². The van der Waals surface area contributed by atoms with E-state index >= 15 is 0 Å². The van der Waals surface area contributed by atoms with E-state index in [-0.39, 0.29) is 0 Å². The molecule has 1 atom stereocenters. The molecule has 1 aliphatic rings. The molecular weight excluding hydrogens is 242 g/mol. The molecule has 1 aliphatic carbocycles. The molecule has 0 aromatic heterocycles. The van der Waals surface area contributed by atoms with Crippen LogP contribution in [0.25, 0.3) is 0 Å². The first-order valence-electron chi connectivity index (χ1n) is 8.29. The zero-order valence-electron chi connectivity index (χ0n) is 13.1. The van der Waals surface area contributed by atoms with Gasteiger partial charge in [-0.1, -0.05) is 49.3 Å². The number of nitrogens with one attached hydrogen (secondary N) is 1. The van der Waals surface area contributed by atoms with Gasteiger partial charge in [0.25, 0.3) is 0 Å². The fraction of sp³-hybridized carbons (Fsp3) is 0.579. The molecule has 0 saturated heterocycles. The van der Waals surface area contributed by atoms with E-state index in [0.717, 1.165) is 6.54 Å². The van der Waals surface area contributed by atoms with Crippen molar-refractivity contribution in [3.63, 3.8) is 0 Å². The monoisotopic (exact) mass is 271 g/mol. The second kappa shape index (κ2) is 8.26. The predicted octanol–water partition coefficient (Wildman–Crippen LogP) is 5.18. The summed E-state index contributed by atoms with van der Waals surface area (Å²) in [7, 11) is 0. The largest absolute Gasteiger partial charge is 0.310 e. The molecule has 1 nitrogen and oxygen atoms in total. The summed E-state index contributed by atoms with van der Waals surface area (Å²) in [5.41, 5.74) is 4.52. The molecule has 2 rings (SSSR count). The summed E-state index contributed by atoms with van der Waals surface area (Å²) in [6.45, 7) is 5.60. The third-order valence-corrected chi connectivity index (χ3v) is 4.30. The van der Waals surface area contributed by atoms with Gasteiger partial charge >= 0.3 is 0 Å². The van der Waals surface area contributed by atoms with Crippen molar-refractivity contribution < 1.29 is 0 Å². The molecule has 1 unspecified atom stereocenters. The predicted molar refractivity (Wildman–Crippen MR) is 88.0 cm³/mol. The highest BCUT2D eigenvalue weighted by atomic mass is 14.9. The fourth-order valence-corrected chi connectivity index (χ4v) is 2.96. The van der Waals surface area contributed by atoms with Crippen molar-refractivity contribution in [2.45, 2.75) is 64.8 Å². The molecule has 0 heterocycles. The normalized spacial score (nSPS) is 16.8. The van der Waals surface area contributed by atoms with Gasteiger partial charge in [-0.3, -0.25) is 0 Å². The van der Waals surface area contributed by atoms with Crippen molar-refractivity contribution in [1.82, 2.24) is 5.32 Å². The number of benzene rings is 1. The highest BCUT2D eigenvalue weighted by molar-refractivity contribution is 5.24. The molecule has 0 fully saturated rings. The Kier molecular flexibility index (Phi) is 6.32. The molecule has 1 aromatic carbocycles. The van der Waals surface area contributed by atoms with E-state index in [1.807, 2.05) is 0 Å². The number of allylic oxidation sites excluding steroid dienone is 1. The van der Waals surface area contributed by atoms with E-state index in [0.29, 0.717) is 6.04 Å². The lowest BCUT2D eigenvalue weighted by atomic mass is 9.97. The lowest BCUT2D eigenvalue weighted by Crippen LogP contribution is -2.20. The van der Waals surface area contributed by atoms with Crippen LogP contribution >= 0.6 is 0 Å². The molecule has 0 bridgehead atoms. The van der Waals surface area contributed by atoms with Crippen molar-refractivity contribution in [3.8, 4) is 0 Å². The molecule has 20 heavy (non-hydrogen) atoms. The van der Waals surface area contributed by atoms with E-state index in [2.05, 4.69) is 49.5 Å². The summed E-state index contributed by atoms with van der Waals surface area (Å²) in [6.07, 6.45) is 11.5. The van der Waals surface area contributed by atoms with E-state index in [1.54, 1.807) is 5.57 Å². The van der Waals surface area contributed by atoms with Gasteiger partial charge in [-0.15, -0.1) is 0 Å². The van der Waals surface area contributed by atoms with E-state index in [4.69, 9.17) is 0 Å². The summed E-state index contributed by atoms with van der Waals surface area (Å²) < 4.78 is 0. The van der Waals surface area contributed by atoms with Gasteiger partial charge in [0, 0.05) is 6.04 Å². The summed E-state index contributed by atoms with van der Waals surface area (Å²) >= 11 is 0. The first kappa shape index (κ1) is 15.3. The van der Waals surface area contributed by atoms with Crippen molar-refractivity contribution in [2.75, 3.05) is 6.54 Å². The molecule has 110 valence electrons. The number of hydrogen-bond donors (Lipinski definition) is 1. The van der Waals surface area contributed by atoms with Gasteiger partial charge < -0.3 is 5.32 Å². The number of aryl methyl sites for hydroxylation is 1. The molecule has 1 heteroatoms. The van der Waals surface area contributed by atoms with Crippen molar-refractivity contribution in [1.29, 1.82) is 0 Å². The molecule has 1 aromatic rings. The minimum absolute atomic E-state index is 0.454. The van der Waals surface area contributed by atoms with E-state index in [1.165, 1.54) is 56.1 Å². The molecule has 0 aliphatic heterocycles. The molecule has 0 radical (unpaired) electrons. The SMILES string of the molecule is CCCc1ccc(C(C)NCCC2=CCCCC2)cc1. The fourth-order valence-electron chi connectivity index (χ4n) is 2.96.